The van der Waals surface area contributed by atoms with Gasteiger partial charge < -0.3 is 0 Å². The molecular formula is C11H16ClN3O3S. The van der Waals surface area contributed by atoms with Gasteiger partial charge in [0, 0.05) is 35.8 Å². The molecule has 0 radical (unpaired) electrons. The Balaban J connectivity index is 2.36. The van der Waals surface area contributed by atoms with E-state index in [1.54, 1.807) is 10.7 Å². The highest BCUT2D eigenvalue weighted by Gasteiger charge is 2.39. The van der Waals surface area contributed by atoms with E-state index in [2.05, 4.69) is 5.10 Å². The van der Waals surface area contributed by atoms with Gasteiger partial charge in [0.15, 0.2) is 0 Å². The van der Waals surface area contributed by atoms with Gasteiger partial charge in [0.2, 0.25) is 15.0 Å². The highest BCUT2D eigenvalue weighted by atomic mass is 35.7. The van der Waals surface area contributed by atoms with Crippen LogP contribution in [0.5, 0.6) is 0 Å². The van der Waals surface area contributed by atoms with Crippen LogP contribution in [0.15, 0.2) is 6.07 Å². The molecule has 1 saturated heterocycles. The third-order valence-corrected chi connectivity index (χ3v) is 4.96. The predicted molar refractivity (Wildman–Crippen MR) is 72.9 cm³/mol. The minimum absolute atomic E-state index is 0.0752. The van der Waals surface area contributed by atoms with Crippen LogP contribution in [0.3, 0.4) is 0 Å². The molecule has 8 heteroatoms. The van der Waals surface area contributed by atoms with Crippen LogP contribution in [-0.4, -0.2) is 35.9 Å². The molecule has 1 atom stereocenters. The number of anilines is 1. The van der Waals surface area contributed by atoms with Crippen molar-refractivity contribution in [2.45, 2.75) is 38.5 Å². The van der Waals surface area contributed by atoms with Crippen molar-refractivity contribution >= 4 is 31.5 Å². The number of aromatic nitrogens is 2. The van der Waals surface area contributed by atoms with Crippen molar-refractivity contribution in [3.05, 3.63) is 11.8 Å². The van der Waals surface area contributed by atoms with Crippen LogP contribution >= 0.6 is 10.7 Å². The second-order valence-electron chi connectivity index (χ2n) is 4.99. The minimum Gasteiger partial charge on any atom is -0.296 e. The van der Waals surface area contributed by atoms with Gasteiger partial charge in [0.1, 0.15) is 11.1 Å². The van der Waals surface area contributed by atoms with Gasteiger partial charge >= 0.3 is 0 Å². The van der Waals surface area contributed by atoms with Gasteiger partial charge in [-0.1, -0.05) is 0 Å². The number of amides is 1. The molecule has 0 saturated carbocycles. The summed E-state index contributed by atoms with van der Waals surface area (Å²) in [7, 11) is 1.61. The molecule has 1 fully saturated rings. The van der Waals surface area contributed by atoms with Crippen molar-refractivity contribution in [3.63, 3.8) is 0 Å². The number of halogens is 1. The number of aryl methyl sites for hydroxylation is 1. The fourth-order valence-electron chi connectivity index (χ4n) is 2.17. The molecule has 2 heterocycles. The van der Waals surface area contributed by atoms with Crippen molar-refractivity contribution in [1.29, 1.82) is 0 Å². The molecule has 19 heavy (non-hydrogen) atoms. The summed E-state index contributed by atoms with van der Waals surface area (Å²) in [5.41, 5.74) is 0.786. The van der Waals surface area contributed by atoms with E-state index in [0.29, 0.717) is 5.82 Å². The molecule has 2 rings (SSSR count). The van der Waals surface area contributed by atoms with Crippen LogP contribution in [0.25, 0.3) is 0 Å². The maximum Gasteiger partial charge on any atom is 0.237 e. The summed E-state index contributed by atoms with van der Waals surface area (Å²) in [6.45, 7) is 5.82. The average Bonchev–Trinajstić information content (AvgIpc) is 2.80. The Labute approximate surface area is 116 Å². The van der Waals surface area contributed by atoms with Gasteiger partial charge in [-0.2, -0.15) is 5.10 Å². The first-order valence-electron chi connectivity index (χ1n) is 6.00. The first kappa shape index (κ1) is 14.3. The third kappa shape index (κ3) is 2.76. The topological polar surface area (TPSA) is 72.3 Å². The third-order valence-electron chi connectivity index (χ3n) is 3.09. The Morgan fingerprint density at radius 1 is 1.47 bits per heavy atom. The van der Waals surface area contributed by atoms with Crippen LogP contribution < -0.4 is 4.90 Å². The first-order valence-corrected chi connectivity index (χ1v) is 8.37. The van der Waals surface area contributed by atoms with E-state index in [9.17, 15) is 13.2 Å². The van der Waals surface area contributed by atoms with Crippen LogP contribution in [0, 0.1) is 6.92 Å². The molecule has 1 unspecified atom stereocenters. The number of hydrogen-bond donors (Lipinski definition) is 0. The minimum atomic E-state index is -3.72. The van der Waals surface area contributed by atoms with Gasteiger partial charge in [0.05, 0.1) is 5.69 Å². The lowest BCUT2D eigenvalue weighted by atomic mass is 10.4. The van der Waals surface area contributed by atoms with Gasteiger partial charge in [-0.15, -0.1) is 0 Å². The molecule has 1 aromatic rings. The SMILES string of the molecule is Cc1cc(N2CC(S(=O)(=O)Cl)CC2=O)n(C(C)C)n1. The zero-order chi connectivity index (χ0) is 14.4. The van der Waals surface area contributed by atoms with Gasteiger partial charge in [0.25, 0.3) is 0 Å². The van der Waals surface area contributed by atoms with Crippen molar-refractivity contribution in [3.8, 4) is 0 Å². The molecule has 0 bridgehead atoms. The lowest BCUT2D eigenvalue weighted by Gasteiger charge is -2.19. The zero-order valence-electron chi connectivity index (χ0n) is 11.0. The Hall–Kier alpha value is -1.08. The molecular weight excluding hydrogens is 290 g/mol. The normalized spacial score (nSPS) is 20.6. The van der Waals surface area contributed by atoms with E-state index in [0.717, 1.165) is 5.69 Å². The molecule has 6 nitrogen and oxygen atoms in total. The van der Waals surface area contributed by atoms with E-state index in [1.807, 2.05) is 20.8 Å². The summed E-state index contributed by atoms with van der Waals surface area (Å²) in [6.07, 6.45) is -0.0752. The lowest BCUT2D eigenvalue weighted by Crippen LogP contribution is -2.29. The smallest absolute Gasteiger partial charge is 0.237 e. The van der Waals surface area contributed by atoms with Gasteiger partial charge in [-0.3, -0.25) is 9.69 Å². The molecule has 1 aliphatic rings. The van der Waals surface area contributed by atoms with Crippen molar-refractivity contribution in [1.82, 2.24) is 9.78 Å². The predicted octanol–water partition coefficient (Wildman–Crippen LogP) is 1.45. The van der Waals surface area contributed by atoms with Gasteiger partial charge in [-0.05, 0) is 20.8 Å². The summed E-state index contributed by atoms with van der Waals surface area (Å²) in [5.74, 6) is 0.386. The quantitative estimate of drug-likeness (QED) is 0.792. The summed E-state index contributed by atoms with van der Waals surface area (Å²) in [5, 5.41) is 3.47. The highest BCUT2D eigenvalue weighted by Crippen LogP contribution is 2.28. The molecule has 0 N–H and O–H groups in total. The molecule has 106 valence electrons. The molecule has 0 aliphatic carbocycles. The maximum atomic E-state index is 12.0. The van der Waals surface area contributed by atoms with E-state index >= 15 is 0 Å². The maximum absolute atomic E-state index is 12.0. The number of nitrogens with zero attached hydrogens (tertiary/aromatic N) is 3. The van der Waals surface area contributed by atoms with E-state index in [-0.39, 0.29) is 24.9 Å². The van der Waals surface area contributed by atoms with Crippen LogP contribution in [-0.2, 0) is 13.8 Å². The van der Waals surface area contributed by atoms with Crippen molar-refractivity contribution in [2.24, 2.45) is 0 Å². The van der Waals surface area contributed by atoms with Gasteiger partial charge in [-0.25, -0.2) is 13.1 Å². The average molecular weight is 306 g/mol. The highest BCUT2D eigenvalue weighted by molar-refractivity contribution is 8.14. The van der Waals surface area contributed by atoms with E-state index in [1.165, 1.54) is 4.90 Å². The van der Waals surface area contributed by atoms with Crippen molar-refractivity contribution < 1.29 is 13.2 Å². The number of carbonyl (C=O) groups excluding carboxylic acids is 1. The number of carbonyl (C=O) groups is 1. The summed E-state index contributed by atoms with van der Waals surface area (Å²) >= 11 is 0. The zero-order valence-corrected chi connectivity index (χ0v) is 12.6. The summed E-state index contributed by atoms with van der Waals surface area (Å²) < 4.78 is 24.4. The number of rotatable bonds is 3. The summed E-state index contributed by atoms with van der Waals surface area (Å²) in [4.78, 5) is 13.4. The Morgan fingerprint density at radius 3 is 2.58 bits per heavy atom. The van der Waals surface area contributed by atoms with Crippen LogP contribution in [0.1, 0.15) is 32.0 Å². The van der Waals surface area contributed by atoms with Crippen LogP contribution in [0.4, 0.5) is 5.82 Å². The molecule has 0 aromatic carbocycles. The fourth-order valence-corrected chi connectivity index (χ4v) is 3.20. The molecule has 1 aromatic heterocycles. The van der Waals surface area contributed by atoms with Crippen molar-refractivity contribution in [2.75, 3.05) is 11.4 Å². The first-order chi connectivity index (χ1) is 8.70. The monoisotopic (exact) mass is 305 g/mol. The fraction of sp³-hybridized carbons (Fsp3) is 0.636. The molecule has 1 amide bonds. The molecule has 0 spiro atoms. The standard InChI is InChI=1S/C11H16ClN3O3S/c1-7(2)15-10(4-8(3)13-15)14-6-9(5-11(14)16)19(12,17)18/h4,7,9H,5-6H2,1-3H3. The van der Waals surface area contributed by atoms with Crippen LogP contribution in [0.2, 0.25) is 0 Å². The Bertz CT molecular complexity index is 609. The number of hydrogen-bond acceptors (Lipinski definition) is 4. The lowest BCUT2D eigenvalue weighted by molar-refractivity contribution is -0.117. The summed E-state index contributed by atoms with van der Waals surface area (Å²) in [6, 6.07) is 1.87. The Kier molecular flexibility index (Phi) is 3.61. The second-order valence-corrected chi connectivity index (χ2v) is 7.90. The Morgan fingerprint density at radius 2 is 2.11 bits per heavy atom. The molecule has 1 aliphatic heterocycles. The van der Waals surface area contributed by atoms with E-state index < -0.39 is 14.3 Å². The second kappa shape index (κ2) is 4.79. The van der Waals surface area contributed by atoms with E-state index in [4.69, 9.17) is 10.7 Å². The largest absolute Gasteiger partial charge is 0.296 e.